The van der Waals surface area contributed by atoms with E-state index in [9.17, 15) is 4.79 Å². The van der Waals surface area contributed by atoms with Crippen molar-refractivity contribution in [1.29, 1.82) is 0 Å². The van der Waals surface area contributed by atoms with Gasteiger partial charge in [-0.3, -0.25) is 4.79 Å². The highest BCUT2D eigenvalue weighted by Gasteiger charge is 2.28. The van der Waals surface area contributed by atoms with E-state index >= 15 is 0 Å². The van der Waals surface area contributed by atoms with E-state index in [1.165, 1.54) is 0 Å². The fourth-order valence-corrected chi connectivity index (χ4v) is 2.46. The van der Waals surface area contributed by atoms with Gasteiger partial charge in [-0.05, 0) is 31.2 Å². The van der Waals surface area contributed by atoms with Crippen molar-refractivity contribution in [2.24, 2.45) is 5.92 Å². The van der Waals surface area contributed by atoms with Crippen LogP contribution in [0.5, 0.6) is 0 Å². The Morgan fingerprint density at radius 1 is 1.17 bits per heavy atom. The molecule has 2 aromatic rings. The maximum absolute atomic E-state index is 12.1. The van der Waals surface area contributed by atoms with Gasteiger partial charge in [0.25, 0.3) is 5.91 Å². The Morgan fingerprint density at radius 2 is 1.96 bits per heavy atom. The number of anilines is 2. The van der Waals surface area contributed by atoms with Crippen LogP contribution in [0.25, 0.3) is 0 Å². The molecule has 8 nitrogen and oxygen atoms in total. The van der Waals surface area contributed by atoms with Gasteiger partial charge in [-0.25, -0.2) is 0 Å². The standard InChI is InChI=1S/C16H21N7O/c1-11-4-6-15(21-18-11)23-9-12(10-23)8-17-16(24)13-5-7-14(20-19-13)22(2)3/h4-7,12H,8-10H2,1-3H3,(H,17,24). The molecule has 1 aliphatic rings. The van der Waals surface area contributed by atoms with Crippen LogP contribution in [0.4, 0.5) is 11.6 Å². The van der Waals surface area contributed by atoms with Gasteiger partial charge in [0, 0.05) is 39.6 Å². The van der Waals surface area contributed by atoms with E-state index < -0.39 is 0 Å². The molecule has 1 amide bonds. The van der Waals surface area contributed by atoms with Gasteiger partial charge in [-0.1, -0.05) is 0 Å². The summed E-state index contributed by atoms with van der Waals surface area (Å²) in [5, 5.41) is 19.1. The zero-order valence-corrected chi connectivity index (χ0v) is 14.1. The third kappa shape index (κ3) is 3.58. The number of nitrogens with one attached hydrogen (secondary N) is 1. The molecule has 0 unspecified atom stereocenters. The zero-order valence-electron chi connectivity index (χ0n) is 14.1. The second-order valence-electron chi connectivity index (χ2n) is 6.19. The summed E-state index contributed by atoms with van der Waals surface area (Å²) in [6, 6.07) is 7.39. The number of carbonyl (C=O) groups excluding carboxylic acids is 1. The molecule has 1 aliphatic heterocycles. The first-order valence-corrected chi connectivity index (χ1v) is 7.87. The second-order valence-corrected chi connectivity index (χ2v) is 6.19. The average Bonchev–Trinajstić information content (AvgIpc) is 2.55. The summed E-state index contributed by atoms with van der Waals surface area (Å²) in [4.78, 5) is 16.1. The second kappa shape index (κ2) is 6.77. The summed E-state index contributed by atoms with van der Waals surface area (Å²) >= 11 is 0. The van der Waals surface area contributed by atoms with Crippen LogP contribution in [0.3, 0.4) is 0 Å². The lowest BCUT2D eigenvalue weighted by atomic mass is 10.0. The molecular formula is C16H21N7O. The van der Waals surface area contributed by atoms with Crippen molar-refractivity contribution in [2.75, 3.05) is 43.5 Å². The maximum atomic E-state index is 12.1. The molecule has 3 heterocycles. The third-order valence-corrected chi connectivity index (χ3v) is 3.96. The highest BCUT2D eigenvalue weighted by molar-refractivity contribution is 5.92. The van der Waals surface area contributed by atoms with E-state index in [2.05, 4.69) is 30.6 Å². The van der Waals surface area contributed by atoms with E-state index in [-0.39, 0.29) is 5.91 Å². The number of aromatic nitrogens is 4. The summed E-state index contributed by atoms with van der Waals surface area (Å²) < 4.78 is 0. The molecule has 0 saturated carbocycles. The number of nitrogens with zero attached hydrogens (tertiary/aromatic N) is 6. The first-order chi connectivity index (χ1) is 11.5. The van der Waals surface area contributed by atoms with Gasteiger partial charge >= 0.3 is 0 Å². The van der Waals surface area contributed by atoms with Gasteiger partial charge in [0.15, 0.2) is 17.3 Å². The van der Waals surface area contributed by atoms with Crippen LogP contribution in [0.1, 0.15) is 16.2 Å². The first kappa shape index (κ1) is 16.1. The van der Waals surface area contributed by atoms with Crippen molar-refractivity contribution in [2.45, 2.75) is 6.92 Å². The Balaban J connectivity index is 1.45. The van der Waals surface area contributed by atoms with Crippen LogP contribution >= 0.6 is 0 Å². The molecule has 0 radical (unpaired) electrons. The van der Waals surface area contributed by atoms with Crippen molar-refractivity contribution in [3.8, 4) is 0 Å². The van der Waals surface area contributed by atoms with E-state index in [1.54, 1.807) is 12.1 Å². The lowest BCUT2D eigenvalue weighted by Gasteiger charge is -2.39. The molecule has 1 saturated heterocycles. The molecular weight excluding hydrogens is 306 g/mol. The van der Waals surface area contributed by atoms with Gasteiger partial charge in [0.1, 0.15) is 0 Å². The van der Waals surface area contributed by atoms with Gasteiger partial charge in [0.2, 0.25) is 0 Å². The van der Waals surface area contributed by atoms with Crippen LogP contribution in [-0.4, -0.2) is 60.0 Å². The predicted octanol–water partition coefficient (Wildman–Crippen LogP) is 0.507. The van der Waals surface area contributed by atoms with E-state index in [0.717, 1.165) is 30.4 Å². The van der Waals surface area contributed by atoms with Crippen LogP contribution < -0.4 is 15.1 Å². The van der Waals surface area contributed by atoms with Crippen molar-refractivity contribution < 1.29 is 4.79 Å². The Bertz CT molecular complexity index is 693. The summed E-state index contributed by atoms with van der Waals surface area (Å²) in [7, 11) is 3.76. The van der Waals surface area contributed by atoms with Crippen molar-refractivity contribution in [3.63, 3.8) is 0 Å². The molecule has 24 heavy (non-hydrogen) atoms. The van der Waals surface area contributed by atoms with Crippen LogP contribution in [-0.2, 0) is 0 Å². The van der Waals surface area contributed by atoms with Gasteiger partial charge < -0.3 is 15.1 Å². The van der Waals surface area contributed by atoms with E-state index in [0.29, 0.717) is 18.2 Å². The number of carbonyl (C=O) groups is 1. The molecule has 0 bridgehead atoms. The van der Waals surface area contributed by atoms with Crippen molar-refractivity contribution >= 4 is 17.5 Å². The SMILES string of the molecule is Cc1ccc(N2CC(CNC(=O)c3ccc(N(C)C)nn3)C2)nn1. The third-order valence-electron chi connectivity index (χ3n) is 3.96. The highest BCUT2D eigenvalue weighted by atomic mass is 16.1. The predicted molar refractivity (Wildman–Crippen MR) is 91.2 cm³/mol. The highest BCUT2D eigenvalue weighted by Crippen LogP contribution is 2.21. The summed E-state index contributed by atoms with van der Waals surface area (Å²) in [5.41, 5.74) is 1.24. The Morgan fingerprint density at radius 3 is 2.54 bits per heavy atom. The van der Waals surface area contributed by atoms with Gasteiger partial charge in [0.05, 0.1) is 5.69 Å². The monoisotopic (exact) mass is 327 g/mol. The molecule has 1 fully saturated rings. The van der Waals surface area contributed by atoms with Crippen LogP contribution in [0, 0.1) is 12.8 Å². The molecule has 0 aromatic carbocycles. The number of hydrogen-bond acceptors (Lipinski definition) is 7. The number of amides is 1. The topological polar surface area (TPSA) is 87.1 Å². The Hall–Kier alpha value is -2.77. The minimum Gasteiger partial charge on any atom is -0.361 e. The Labute approximate surface area is 140 Å². The molecule has 8 heteroatoms. The van der Waals surface area contributed by atoms with Gasteiger partial charge in [-0.2, -0.15) is 5.10 Å². The molecule has 0 aliphatic carbocycles. The minimum atomic E-state index is -0.193. The average molecular weight is 327 g/mol. The van der Waals surface area contributed by atoms with Crippen molar-refractivity contribution in [1.82, 2.24) is 25.7 Å². The molecule has 3 rings (SSSR count). The Kier molecular flexibility index (Phi) is 4.54. The van der Waals surface area contributed by atoms with Crippen molar-refractivity contribution in [3.05, 3.63) is 35.7 Å². The van der Waals surface area contributed by atoms with Gasteiger partial charge in [-0.15, -0.1) is 15.3 Å². The van der Waals surface area contributed by atoms with E-state index in [4.69, 9.17) is 0 Å². The smallest absolute Gasteiger partial charge is 0.271 e. The number of rotatable bonds is 5. The van der Waals surface area contributed by atoms with Crippen LogP contribution in [0.15, 0.2) is 24.3 Å². The summed E-state index contributed by atoms with van der Waals surface area (Å²) in [5.74, 6) is 1.82. The summed E-state index contributed by atoms with van der Waals surface area (Å²) in [6.45, 7) is 4.26. The lowest BCUT2D eigenvalue weighted by molar-refractivity contribution is 0.0938. The number of hydrogen-bond donors (Lipinski definition) is 1. The largest absolute Gasteiger partial charge is 0.361 e. The molecule has 1 N–H and O–H groups in total. The fourth-order valence-electron chi connectivity index (χ4n) is 2.46. The maximum Gasteiger partial charge on any atom is 0.271 e. The molecule has 2 aromatic heterocycles. The number of aryl methyl sites for hydroxylation is 1. The van der Waals surface area contributed by atoms with Crippen LogP contribution in [0.2, 0.25) is 0 Å². The zero-order chi connectivity index (χ0) is 17.1. The van der Waals surface area contributed by atoms with E-state index in [1.807, 2.05) is 38.1 Å². The minimum absolute atomic E-state index is 0.193. The summed E-state index contributed by atoms with van der Waals surface area (Å²) in [6.07, 6.45) is 0. The molecule has 126 valence electrons. The molecule has 0 atom stereocenters. The lowest BCUT2D eigenvalue weighted by Crippen LogP contribution is -2.52. The fraction of sp³-hybridized carbons (Fsp3) is 0.438. The quantitative estimate of drug-likeness (QED) is 0.856. The molecule has 0 spiro atoms. The first-order valence-electron chi connectivity index (χ1n) is 7.87. The normalized spacial score (nSPS) is 14.2.